The third-order valence-electron chi connectivity index (χ3n) is 1.99. The van der Waals surface area contributed by atoms with Gasteiger partial charge < -0.3 is 5.11 Å². The molecule has 0 heterocycles. The first kappa shape index (κ1) is 13.9. The summed E-state index contributed by atoms with van der Waals surface area (Å²) in [5.74, 6) is -1.60. The molecule has 0 aliphatic rings. The topological polar surface area (TPSA) is 77.8 Å². The molecular weight excluding hydrogens is 198 g/mol. The average Bonchev–Trinajstić information content (AvgIpc) is 2.12. The molecule has 5 heteroatoms. The molecule has 0 aliphatic heterocycles. The van der Waals surface area contributed by atoms with E-state index in [2.05, 4.69) is 0 Å². The van der Waals surface area contributed by atoms with Gasteiger partial charge in [0.25, 0.3) is 0 Å². The van der Waals surface area contributed by atoms with Crippen LogP contribution in [0.1, 0.15) is 40.0 Å². The molecule has 88 valence electrons. The van der Waals surface area contributed by atoms with Gasteiger partial charge in [-0.05, 0) is 18.8 Å². The van der Waals surface area contributed by atoms with Gasteiger partial charge in [0.2, 0.25) is 5.91 Å². The SMILES string of the molecule is CCCC(=O)N(O)[C@@H](CC(C)C)C(=O)O. The molecule has 1 atom stereocenters. The Morgan fingerprint density at radius 3 is 2.20 bits per heavy atom. The van der Waals surface area contributed by atoms with Gasteiger partial charge in [-0.15, -0.1) is 0 Å². The van der Waals surface area contributed by atoms with Crippen molar-refractivity contribution in [1.82, 2.24) is 5.06 Å². The zero-order valence-electron chi connectivity index (χ0n) is 9.43. The van der Waals surface area contributed by atoms with Gasteiger partial charge in [-0.3, -0.25) is 10.0 Å². The van der Waals surface area contributed by atoms with E-state index in [-0.39, 0.29) is 18.8 Å². The number of aliphatic carboxylic acids is 1. The number of amides is 1. The summed E-state index contributed by atoms with van der Waals surface area (Å²) >= 11 is 0. The molecule has 0 saturated carbocycles. The largest absolute Gasteiger partial charge is 0.480 e. The Kier molecular flexibility index (Phi) is 5.93. The predicted molar refractivity (Wildman–Crippen MR) is 54.4 cm³/mol. The Hall–Kier alpha value is -1.10. The quantitative estimate of drug-likeness (QED) is 0.522. The van der Waals surface area contributed by atoms with Gasteiger partial charge in [0.1, 0.15) is 0 Å². The molecule has 1 amide bonds. The van der Waals surface area contributed by atoms with Crippen molar-refractivity contribution in [2.24, 2.45) is 5.92 Å². The lowest BCUT2D eigenvalue weighted by Gasteiger charge is -2.23. The molecule has 2 N–H and O–H groups in total. The molecule has 15 heavy (non-hydrogen) atoms. The van der Waals surface area contributed by atoms with Crippen molar-refractivity contribution in [1.29, 1.82) is 0 Å². The van der Waals surface area contributed by atoms with Gasteiger partial charge in [0, 0.05) is 6.42 Å². The Labute approximate surface area is 89.6 Å². The standard InChI is InChI=1S/C10H19NO4/c1-4-5-9(12)11(15)8(10(13)14)6-7(2)3/h7-8,15H,4-6H2,1-3H3,(H,13,14)/t8-/m0/s1. The van der Waals surface area contributed by atoms with E-state index in [4.69, 9.17) is 5.11 Å². The fourth-order valence-electron chi connectivity index (χ4n) is 1.25. The van der Waals surface area contributed by atoms with Crippen molar-refractivity contribution < 1.29 is 19.9 Å². The first-order chi connectivity index (χ1) is 6.90. The fourth-order valence-corrected chi connectivity index (χ4v) is 1.25. The van der Waals surface area contributed by atoms with Crippen molar-refractivity contribution in [3.63, 3.8) is 0 Å². The molecule has 0 aliphatic carbocycles. The number of hydrogen-bond donors (Lipinski definition) is 2. The number of carbonyl (C=O) groups excluding carboxylic acids is 1. The minimum absolute atomic E-state index is 0.107. The van der Waals surface area contributed by atoms with Crippen molar-refractivity contribution in [3.05, 3.63) is 0 Å². The second-order valence-electron chi connectivity index (χ2n) is 3.97. The summed E-state index contributed by atoms with van der Waals surface area (Å²) in [6.07, 6.45) is 1.00. The lowest BCUT2D eigenvalue weighted by molar-refractivity contribution is -0.187. The molecule has 0 bridgehead atoms. The third kappa shape index (κ3) is 4.78. The minimum Gasteiger partial charge on any atom is -0.480 e. The van der Waals surface area contributed by atoms with Gasteiger partial charge in [0.15, 0.2) is 6.04 Å². The molecule has 0 aromatic carbocycles. The predicted octanol–water partition coefficient (Wildman–Crippen LogP) is 1.50. The summed E-state index contributed by atoms with van der Waals surface area (Å²) in [5, 5.41) is 18.6. The first-order valence-corrected chi connectivity index (χ1v) is 5.13. The van der Waals surface area contributed by atoms with E-state index in [9.17, 15) is 14.8 Å². The van der Waals surface area contributed by atoms with Crippen LogP contribution < -0.4 is 0 Å². The van der Waals surface area contributed by atoms with E-state index in [0.717, 1.165) is 0 Å². The van der Waals surface area contributed by atoms with E-state index in [1.807, 2.05) is 13.8 Å². The summed E-state index contributed by atoms with van der Waals surface area (Å²) in [5.41, 5.74) is 0. The van der Waals surface area contributed by atoms with Crippen molar-refractivity contribution in [2.45, 2.75) is 46.1 Å². The Morgan fingerprint density at radius 1 is 1.33 bits per heavy atom. The van der Waals surface area contributed by atoms with Crippen LogP contribution in [0.25, 0.3) is 0 Å². The number of hydrogen-bond acceptors (Lipinski definition) is 3. The van der Waals surface area contributed by atoms with E-state index in [1.165, 1.54) is 0 Å². The second kappa shape index (κ2) is 6.40. The lowest BCUT2D eigenvalue weighted by Crippen LogP contribution is -2.43. The van der Waals surface area contributed by atoms with Crippen LogP contribution in [0.15, 0.2) is 0 Å². The molecule has 0 fully saturated rings. The summed E-state index contributed by atoms with van der Waals surface area (Å²) in [6, 6.07) is -1.14. The first-order valence-electron chi connectivity index (χ1n) is 5.13. The number of hydroxylamine groups is 2. The van der Waals surface area contributed by atoms with E-state index in [0.29, 0.717) is 11.5 Å². The molecule has 0 unspecified atom stereocenters. The summed E-state index contributed by atoms with van der Waals surface area (Å²) in [4.78, 5) is 22.1. The monoisotopic (exact) mass is 217 g/mol. The van der Waals surface area contributed by atoms with Crippen LogP contribution in [0, 0.1) is 5.92 Å². The van der Waals surface area contributed by atoms with Crippen LogP contribution in [-0.2, 0) is 9.59 Å². The average molecular weight is 217 g/mol. The summed E-state index contributed by atoms with van der Waals surface area (Å²) < 4.78 is 0. The van der Waals surface area contributed by atoms with Crippen LogP contribution in [-0.4, -0.2) is 33.3 Å². The van der Waals surface area contributed by atoms with Crippen LogP contribution >= 0.6 is 0 Å². The van der Waals surface area contributed by atoms with E-state index >= 15 is 0 Å². The van der Waals surface area contributed by atoms with Gasteiger partial charge in [0.05, 0.1) is 0 Å². The number of carboxylic acid groups (broad SMARTS) is 1. The summed E-state index contributed by atoms with van der Waals surface area (Å²) in [7, 11) is 0. The van der Waals surface area contributed by atoms with E-state index < -0.39 is 17.9 Å². The normalized spacial score (nSPS) is 12.6. The molecule has 0 rings (SSSR count). The molecule has 0 aromatic heterocycles. The van der Waals surface area contributed by atoms with Gasteiger partial charge >= 0.3 is 5.97 Å². The van der Waals surface area contributed by atoms with Gasteiger partial charge in [-0.1, -0.05) is 20.8 Å². The van der Waals surface area contributed by atoms with Crippen LogP contribution in [0.2, 0.25) is 0 Å². The molecule has 5 nitrogen and oxygen atoms in total. The minimum atomic E-state index is -1.17. The highest BCUT2D eigenvalue weighted by Crippen LogP contribution is 2.11. The lowest BCUT2D eigenvalue weighted by atomic mass is 10.0. The van der Waals surface area contributed by atoms with Crippen molar-refractivity contribution >= 4 is 11.9 Å². The highest BCUT2D eigenvalue weighted by molar-refractivity contribution is 5.82. The van der Waals surface area contributed by atoms with Crippen LogP contribution in [0.3, 0.4) is 0 Å². The Morgan fingerprint density at radius 2 is 1.87 bits per heavy atom. The maximum Gasteiger partial charge on any atom is 0.329 e. The smallest absolute Gasteiger partial charge is 0.329 e. The maximum atomic E-state index is 11.3. The number of nitrogens with zero attached hydrogens (tertiary/aromatic N) is 1. The van der Waals surface area contributed by atoms with Crippen molar-refractivity contribution in [2.75, 3.05) is 0 Å². The van der Waals surface area contributed by atoms with Crippen LogP contribution in [0.5, 0.6) is 0 Å². The van der Waals surface area contributed by atoms with Gasteiger partial charge in [-0.25, -0.2) is 9.86 Å². The second-order valence-corrected chi connectivity index (χ2v) is 3.97. The Balaban J connectivity index is 4.47. The highest BCUT2D eigenvalue weighted by atomic mass is 16.5. The van der Waals surface area contributed by atoms with Crippen LogP contribution in [0.4, 0.5) is 0 Å². The molecule has 0 radical (unpaired) electrons. The zero-order valence-corrected chi connectivity index (χ0v) is 9.43. The highest BCUT2D eigenvalue weighted by Gasteiger charge is 2.28. The Bertz CT molecular complexity index is 227. The number of carboxylic acids is 1. The molecule has 0 saturated heterocycles. The van der Waals surface area contributed by atoms with Crippen molar-refractivity contribution in [3.8, 4) is 0 Å². The van der Waals surface area contributed by atoms with Gasteiger partial charge in [-0.2, -0.15) is 0 Å². The fraction of sp³-hybridized carbons (Fsp3) is 0.800. The molecular formula is C10H19NO4. The zero-order chi connectivity index (χ0) is 12.0. The number of carbonyl (C=O) groups is 2. The maximum absolute atomic E-state index is 11.3. The van der Waals surface area contributed by atoms with E-state index in [1.54, 1.807) is 6.92 Å². The molecule has 0 spiro atoms. The number of rotatable bonds is 6. The molecule has 0 aromatic rings. The third-order valence-corrected chi connectivity index (χ3v) is 1.99. The summed E-state index contributed by atoms with van der Waals surface area (Å²) in [6.45, 7) is 5.48.